The molecule has 8 heteroatoms. The van der Waals surface area contributed by atoms with Gasteiger partial charge >= 0.3 is 0 Å². The van der Waals surface area contributed by atoms with Crippen LogP contribution in [0.5, 0.6) is 5.75 Å². The number of benzene rings is 1. The standard InChI is InChI=1S/C29H38N4O4/c1-2-37-26-10-9-23(28(35)25-7-3-4-14-31-25)21-24(26)29(36)33(20-13-22-11-15-30-16-12-22)19-6-18-32-17-5-8-27(32)34/h3-4,7,9-10,14,21-22,30H,2,5-6,8,11-13,15-20H2,1H3. The predicted molar refractivity (Wildman–Crippen MR) is 142 cm³/mol. The van der Waals surface area contributed by atoms with Gasteiger partial charge in [-0.05, 0) is 88.4 Å². The Balaban J connectivity index is 1.54. The molecule has 2 fully saturated rings. The first-order valence-corrected chi connectivity index (χ1v) is 13.6. The number of piperidine rings is 1. The van der Waals surface area contributed by atoms with Gasteiger partial charge in [-0.2, -0.15) is 0 Å². The van der Waals surface area contributed by atoms with Crippen LogP contribution < -0.4 is 10.1 Å². The van der Waals surface area contributed by atoms with E-state index >= 15 is 0 Å². The summed E-state index contributed by atoms with van der Waals surface area (Å²) in [4.78, 5) is 47.0. The van der Waals surface area contributed by atoms with E-state index in [9.17, 15) is 14.4 Å². The monoisotopic (exact) mass is 506 g/mol. The number of carbonyl (C=O) groups is 3. The first-order valence-electron chi connectivity index (χ1n) is 13.6. The predicted octanol–water partition coefficient (Wildman–Crippen LogP) is 3.56. The van der Waals surface area contributed by atoms with E-state index < -0.39 is 0 Å². The molecule has 2 aliphatic rings. The molecule has 1 aromatic carbocycles. The van der Waals surface area contributed by atoms with Crippen molar-refractivity contribution >= 4 is 17.6 Å². The van der Waals surface area contributed by atoms with Gasteiger partial charge in [-0.3, -0.25) is 19.4 Å². The number of hydrogen-bond donors (Lipinski definition) is 1. The van der Waals surface area contributed by atoms with E-state index in [0.717, 1.165) is 51.7 Å². The van der Waals surface area contributed by atoms with Crippen molar-refractivity contribution in [2.45, 2.75) is 45.4 Å². The van der Waals surface area contributed by atoms with Gasteiger partial charge in [-0.1, -0.05) is 6.07 Å². The first-order chi connectivity index (χ1) is 18.1. The largest absolute Gasteiger partial charge is 0.493 e. The summed E-state index contributed by atoms with van der Waals surface area (Å²) in [6.45, 7) is 6.98. The average Bonchev–Trinajstić information content (AvgIpc) is 3.35. The number of ether oxygens (including phenoxy) is 1. The van der Waals surface area contributed by atoms with Gasteiger partial charge in [0.1, 0.15) is 11.4 Å². The lowest BCUT2D eigenvalue weighted by molar-refractivity contribution is -0.127. The Morgan fingerprint density at radius 1 is 1.16 bits per heavy atom. The summed E-state index contributed by atoms with van der Waals surface area (Å²) in [5.74, 6) is 0.894. The Morgan fingerprint density at radius 3 is 2.70 bits per heavy atom. The van der Waals surface area contributed by atoms with E-state index in [1.807, 2.05) is 16.7 Å². The maximum atomic E-state index is 13.9. The van der Waals surface area contributed by atoms with Crippen LogP contribution in [-0.2, 0) is 4.79 Å². The van der Waals surface area contributed by atoms with Gasteiger partial charge < -0.3 is 19.9 Å². The third kappa shape index (κ3) is 7.16. The third-order valence-electron chi connectivity index (χ3n) is 7.25. The minimum Gasteiger partial charge on any atom is -0.493 e. The summed E-state index contributed by atoms with van der Waals surface area (Å²) in [6, 6.07) is 10.3. The summed E-state index contributed by atoms with van der Waals surface area (Å²) in [5, 5.41) is 3.40. The van der Waals surface area contributed by atoms with Gasteiger partial charge in [0.2, 0.25) is 11.7 Å². The van der Waals surface area contributed by atoms with E-state index in [2.05, 4.69) is 10.3 Å². The lowest BCUT2D eigenvalue weighted by Crippen LogP contribution is -2.37. The molecular weight excluding hydrogens is 468 g/mol. The Bertz CT molecular complexity index is 1070. The number of ketones is 1. The van der Waals surface area contributed by atoms with Gasteiger partial charge in [0.05, 0.1) is 12.2 Å². The normalized spacial score (nSPS) is 16.1. The Hall–Kier alpha value is -3.26. The molecule has 198 valence electrons. The molecule has 4 rings (SSSR count). The summed E-state index contributed by atoms with van der Waals surface area (Å²) in [6.07, 6.45) is 7.00. The fraction of sp³-hybridized carbons (Fsp3) is 0.517. The zero-order valence-corrected chi connectivity index (χ0v) is 21.8. The van der Waals surface area contributed by atoms with Gasteiger partial charge in [-0.25, -0.2) is 0 Å². The number of rotatable bonds is 12. The van der Waals surface area contributed by atoms with Crippen LogP contribution in [0, 0.1) is 5.92 Å². The summed E-state index contributed by atoms with van der Waals surface area (Å²) in [7, 11) is 0. The van der Waals surface area contributed by atoms with Gasteiger partial charge in [0.25, 0.3) is 5.91 Å². The van der Waals surface area contributed by atoms with Crippen molar-refractivity contribution in [3.8, 4) is 5.75 Å². The van der Waals surface area contributed by atoms with Gasteiger partial charge in [-0.15, -0.1) is 0 Å². The van der Waals surface area contributed by atoms with Crippen LogP contribution in [0.1, 0.15) is 71.9 Å². The number of hydrogen-bond acceptors (Lipinski definition) is 6. The Kier molecular flexibility index (Phi) is 9.65. The molecule has 0 aliphatic carbocycles. The fourth-order valence-corrected chi connectivity index (χ4v) is 5.15. The number of nitrogens with zero attached hydrogens (tertiary/aromatic N) is 3. The molecule has 2 aliphatic heterocycles. The molecule has 0 saturated carbocycles. The first kappa shape index (κ1) is 26.8. The topological polar surface area (TPSA) is 91.8 Å². The molecule has 2 amide bonds. The minimum absolute atomic E-state index is 0.138. The molecule has 2 saturated heterocycles. The molecule has 0 spiro atoms. The van der Waals surface area contributed by atoms with E-state index in [1.165, 1.54) is 0 Å². The molecule has 0 unspecified atom stereocenters. The van der Waals surface area contributed by atoms with E-state index in [4.69, 9.17) is 4.74 Å². The van der Waals surface area contributed by atoms with Crippen LogP contribution in [0.4, 0.5) is 0 Å². The molecule has 0 bridgehead atoms. The van der Waals surface area contributed by atoms with E-state index in [0.29, 0.717) is 61.2 Å². The van der Waals surface area contributed by atoms with Crippen LogP contribution in [0.3, 0.4) is 0 Å². The van der Waals surface area contributed by atoms with Crippen LogP contribution in [0.15, 0.2) is 42.6 Å². The van der Waals surface area contributed by atoms with Gasteiger partial charge in [0, 0.05) is 44.4 Å². The van der Waals surface area contributed by atoms with Crippen LogP contribution in [0.25, 0.3) is 0 Å². The fourth-order valence-electron chi connectivity index (χ4n) is 5.15. The molecule has 3 heterocycles. The van der Waals surface area contributed by atoms with Crippen molar-refractivity contribution in [1.29, 1.82) is 0 Å². The summed E-state index contributed by atoms with van der Waals surface area (Å²) >= 11 is 0. The molecule has 1 N–H and O–H groups in total. The van der Waals surface area contributed by atoms with Crippen molar-refractivity contribution in [3.63, 3.8) is 0 Å². The smallest absolute Gasteiger partial charge is 0.257 e. The average molecular weight is 507 g/mol. The zero-order valence-electron chi connectivity index (χ0n) is 21.8. The zero-order chi connectivity index (χ0) is 26.0. The number of aromatic nitrogens is 1. The van der Waals surface area contributed by atoms with Crippen molar-refractivity contribution in [2.75, 3.05) is 45.9 Å². The second kappa shape index (κ2) is 13.3. The number of pyridine rings is 1. The molecule has 2 aromatic rings. The highest BCUT2D eigenvalue weighted by Crippen LogP contribution is 2.25. The van der Waals surface area contributed by atoms with Crippen LogP contribution in [-0.4, -0.2) is 78.3 Å². The highest BCUT2D eigenvalue weighted by atomic mass is 16.5. The maximum Gasteiger partial charge on any atom is 0.257 e. The minimum atomic E-state index is -0.230. The SMILES string of the molecule is CCOc1ccc(C(=O)c2ccccn2)cc1C(=O)N(CCCN1CCCC1=O)CCC1CCNCC1. The lowest BCUT2D eigenvalue weighted by atomic mass is 9.94. The molecule has 0 radical (unpaired) electrons. The Labute approximate surface area is 219 Å². The number of amides is 2. The quantitative estimate of drug-likeness (QED) is 0.443. The van der Waals surface area contributed by atoms with Gasteiger partial charge in [0.15, 0.2) is 0 Å². The molecule has 8 nitrogen and oxygen atoms in total. The summed E-state index contributed by atoms with van der Waals surface area (Å²) < 4.78 is 5.81. The second-order valence-electron chi connectivity index (χ2n) is 9.80. The van der Waals surface area contributed by atoms with E-state index in [-0.39, 0.29) is 17.6 Å². The van der Waals surface area contributed by atoms with Crippen molar-refractivity contribution in [1.82, 2.24) is 20.1 Å². The number of carbonyl (C=O) groups excluding carboxylic acids is 3. The molecule has 1 aromatic heterocycles. The van der Waals surface area contributed by atoms with Crippen LogP contribution in [0.2, 0.25) is 0 Å². The Morgan fingerprint density at radius 2 is 2.00 bits per heavy atom. The maximum absolute atomic E-state index is 13.9. The summed E-state index contributed by atoms with van der Waals surface area (Å²) in [5.41, 5.74) is 1.14. The molecule has 37 heavy (non-hydrogen) atoms. The lowest BCUT2D eigenvalue weighted by Gasteiger charge is -2.29. The van der Waals surface area contributed by atoms with E-state index in [1.54, 1.807) is 42.6 Å². The highest BCUT2D eigenvalue weighted by molar-refractivity contribution is 6.09. The molecular formula is C29H38N4O4. The number of likely N-dealkylation sites (tertiary alicyclic amines) is 1. The van der Waals surface area contributed by atoms with Crippen LogP contribution >= 0.6 is 0 Å². The second-order valence-corrected chi connectivity index (χ2v) is 9.80. The molecule has 0 atom stereocenters. The number of nitrogens with one attached hydrogen (secondary N) is 1. The van der Waals surface area contributed by atoms with Crippen molar-refractivity contribution in [3.05, 3.63) is 59.4 Å². The highest BCUT2D eigenvalue weighted by Gasteiger charge is 2.25. The van der Waals surface area contributed by atoms with Crippen molar-refractivity contribution < 1.29 is 19.1 Å². The third-order valence-corrected chi connectivity index (χ3v) is 7.25. The van der Waals surface area contributed by atoms with Crippen molar-refractivity contribution in [2.24, 2.45) is 5.92 Å².